The molecule has 1 aliphatic heterocycles. The van der Waals surface area contributed by atoms with Gasteiger partial charge in [0.2, 0.25) is 0 Å². The lowest BCUT2D eigenvalue weighted by Crippen LogP contribution is -2.34. The van der Waals surface area contributed by atoms with Crippen molar-refractivity contribution >= 4 is 22.7 Å². The summed E-state index contributed by atoms with van der Waals surface area (Å²) in [6.45, 7) is 4.86. The number of alkyl halides is 2. The van der Waals surface area contributed by atoms with Gasteiger partial charge < -0.3 is 9.64 Å². The van der Waals surface area contributed by atoms with Crippen LogP contribution in [0, 0.1) is 5.41 Å². The number of halogens is 2. The molecule has 0 spiro atoms. The molecule has 1 aromatic heterocycles. The first-order valence-corrected chi connectivity index (χ1v) is 7.91. The Morgan fingerprint density at radius 1 is 1.38 bits per heavy atom. The number of esters is 1. The van der Waals surface area contributed by atoms with Gasteiger partial charge in [-0.3, -0.25) is 4.79 Å². The number of rotatable bonds is 4. The van der Waals surface area contributed by atoms with Crippen molar-refractivity contribution in [1.29, 1.82) is 0 Å². The summed E-state index contributed by atoms with van der Waals surface area (Å²) < 4.78 is 31.4. The predicted molar refractivity (Wildman–Crippen MR) is 86.1 cm³/mol. The largest absolute Gasteiger partial charge is 0.466 e. The van der Waals surface area contributed by atoms with E-state index < -0.39 is 17.7 Å². The van der Waals surface area contributed by atoms with E-state index in [0.717, 1.165) is 0 Å². The van der Waals surface area contributed by atoms with Gasteiger partial charge in [-0.25, -0.2) is 18.7 Å². The second-order valence-corrected chi connectivity index (χ2v) is 6.18. The van der Waals surface area contributed by atoms with Crippen molar-refractivity contribution in [2.45, 2.75) is 26.7 Å². The Morgan fingerprint density at radius 2 is 2.12 bits per heavy atom. The van der Waals surface area contributed by atoms with Crippen LogP contribution < -0.4 is 4.90 Å². The van der Waals surface area contributed by atoms with Crippen LogP contribution in [0.3, 0.4) is 0 Å². The van der Waals surface area contributed by atoms with Crippen molar-refractivity contribution in [3.05, 3.63) is 30.1 Å². The van der Waals surface area contributed by atoms with Crippen molar-refractivity contribution in [3.63, 3.8) is 0 Å². The highest BCUT2D eigenvalue weighted by molar-refractivity contribution is 5.90. The van der Waals surface area contributed by atoms with E-state index in [0.29, 0.717) is 42.8 Å². The second kappa shape index (κ2) is 6.30. The Balaban J connectivity index is 1.99. The molecule has 0 N–H and O–H groups in total. The summed E-state index contributed by atoms with van der Waals surface area (Å²) in [5.41, 5.74) is -0.185. The average molecular weight is 335 g/mol. The highest BCUT2D eigenvalue weighted by Crippen LogP contribution is 2.36. The number of ether oxygens (including phenoxy) is 1. The third kappa shape index (κ3) is 2.90. The molecule has 1 saturated heterocycles. The molecule has 1 fully saturated rings. The molecule has 0 aliphatic carbocycles. The quantitative estimate of drug-likeness (QED) is 0.802. The van der Waals surface area contributed by atoms with Gasteiger partial charge in [0.15, 0.2) is 5.82 Å². The first kappa shape index (κ1) is 16.5. The molecule has 2 heterocycles. The van der Waals surface area contributed by atoms with Gasteiger partial charge in [-0.15, -0.1) is 0 Å². The number of anilines is 1. The maximum Gasteiger partial charge on any atom is 0.313 e. The van der Waals surface area contributed by atoms with Gasteiger partial charge in [-0.1, -0.05) is 12.1 Å². The lowest BCUT2D eigenvalue weighted by atomic mass is 9.90. The number of nitrogens with zero attached hydrogens (tertiary/aromatic N) is 3. The van der Waals surface area contributed by atoms with E-state index in [2.05, 4.69) is 9.97 Å². The van der Waals surface area contributed by atoms with Crippen molar-refractivity contribution in [2.24, 2.45) is 5.41 Å². The molecule has 7 heteroatoms. The van der Waals surface area contributed by atoms with Crippen molar-refractivity contribution in [3.8, 4) is 0 Å². The first-order chi connectivity index (χ1) is 11.4. The zero-order valence-electron chi connectivity index (χ0n) is 13.6. The van der Waals surface area contributed by atoms with Crippen LogP contribution in [-0.2, 0) is 9.53 Å². The van der Waals surface area contributed by atoms with Gasteiger partial charge in [0.25, 0.3) is 6.43 Å². The third-order valence-corrected chi connectivity index (χ3v) is 4.34. The Bertz CT molecular complexity index is 769. The van der Waals surface area contributed by atoms with Crippen LogP contribution in [0.2, 0.25) is 0 Å². The monoisotopic (exact) mass is 335 g/mol. The normalized spacial score (nSPS) is 20.8. The number of para-hydroxylation sites is 1. The predicted octanol–water partition coefficient (Wildman–Crippen LogP) is 3.35. The SMILES string of the molecule is CCOC(=O)C1(C)CCN(c2nc(C(F)F)nc3ccccc23)C1. The van der Waals surface area contributed by atoms with E-state index in [9.17, 15) is 13.6 Å². The lowest BCUT2D eigenvalue weighted by molar-refractivity contribution is -0.153. The minimum absolute atomic E-state index is 0.264. The van der Waals surface area contributed by atoms with Gasteiger partial charge in [0, 0.05) is 18.5 Å². The molecule has 3 rings (SSSR count). The lowest BCUT2D eigenvalue weighted by Gasteiger charge is -2.24. The summed E-state index contributed by atoms with van der Waals surface area (Å²) in [5, 5.41) is 0.704. The molecule has 1 unspecified atom stereocenters. The summed E-state index contributed by atoms with van der Waals surface area (Å²) in [6, 6.07) is 7.06. The third-order valence-electron chi connectivity index (χ3n) is 4.34. The molecule has 24 heavy (non-hydrogen) atoms. The fourth-order valence-corrected chi connectivity index (χ4v) is 3.03. The van der Waals surface area contributed by atoms with Crippen molar-refractivity contribution in [2.75, 3.05) is 24.6 Å². The van der Waals surface area contributed by atoms with Gasteiger partial charge in [0.1, 0.15) is 5.82 Å². The molecule has 2 aromatic rings. The van der Waals surface area contributed by atoms with E-state index >= 15 is 0 Å². The fourth-order valence-electron chi connectivity index (χ4n) is 3.03. The molecule has 0 bridgehead atoms. The van der Waals surface area contributed by atoms with E-state index in [4.69, 9.17) is 4.74 Å². The molecule has 0 radical (unpaired) electrons. The average Bonchev–Trinajstić information content (AvgIpc) is 2.97. The number of carbonyl (C=O) groups excluding carboxylic acids is 1. The number of hydrogen-bond donors (Lipinski definition) is 0. The molecule has 1 aromatic carbocycles. The molecule has 0 saturated carbocycles. The molecule has 0 amide bonds. The van der Waals surface area contributed by atoms with Crippen LogP contribution >= 0.6 is 0 Å². The van der Waals surface area contributed by atoms with Crippen molar-refractivity contribution < 1.29 is 18.3 Å². The molecular formula is C17H19F2N3O2. The Morgan fingerprint density at radius 3 is 2.83 bits per heavy atom. The highest BCUT2D eigenvalue weighted by atomic mass is 19.3. The molecule has 1 atom stereocenters. The van der Waals surface area contributed by atoms with Crippen LogP contribution in [0.4, 0.5) is 14.6 Å². The first-order valence-electron chi connectivity index (χ1n) is 7.91. The Hall–Kier alpha value is -2.31. The molecule has 1 aliphatic rings. The molecule has 128 valence electrons. The molecule has 5 nitrogen and oxygen atoms in total. The number of aromatic nitrogens is 2. The van der Waals surface area contributed by atoms with Crippen LogP contribution in [0.15, 0.2) is 24.3 Å². The molecular weight excluding hydrogens is 316 g/mol. The van der Waals surface area contributed by atoms with E-state index in [1.165, 1.54) is 0 Å². The summed E-state index contributed by atoms with van der Waals surface area (Å²) in [4.78, 5) is 22.0. The summed E-state index contributed by atoms with van der Waals surface area (Å²) in [6.07, 6.45) is -2.15. The number of carbonyl (C=O) groups is 1. The van der Waals surface area contributed by atoms with E-state index in [-0.39, 0.29) is 5.97 Å². The topological polar surface area (TPSA) is 55.3 Å². The van der Waals surface area contributed by atoms with Gasteiger partial charge in [-0.05, 0) is 32.4 Å². The minimum atomic E-state index is -2.74. The van der Waals surface area contributed by atoms with Crippen LogP contribution in [0.1, 0.15) is 32.5 Å². The Labute approximate surface area is 138 Å². The fraction of sp³-hybridized carbons (Fsp3) is 0.471. The summed E-state index contributed by atoms with van der Waals surface area (Å²) >= 11 is 0. The smallest absolute Gasteiger partial charge is 0.313 e. The standard InChI is InChI=1S/C17H19F2N3O2/c1-3-24-16(23)17(2)8-9-22(10-17)15-11-6-4-5-7-12(11)20-14(21-15)13(18)19/h4-7,13H,3,8-10H2,1-2H3. The zero-order chi connectivity index (χ0) is 17.3. The Kier molecular flexibility index (Phi) is 4.34. The summed E-state index contributed by atoms with van der Waals surface area (Å²) in [7, 11) is 0. The van der Waals surface area contributed by atoms with E-state index in [1.54, 1.807) is 25.1 Å². The van der Waals surface area contributed by atoms with Crippen LogP contribution in [0.5, 0.6) is 0 Å². The second-order valence-electron chi connectivity index (χ2n) is 6.18. The van der Waals surface area contributed by atoms with Gasteiger partial charge in [0.05, 0.1) is 17.5 Å². The van der Waals surface area contributed by atoms with Crippen LogP contribution in [-0.4, -0.2) is 35.6 Å². The number of benzene rings is 1. The van der Waals surface area contributed by atoms with E-state index in [1.807, 2.05) is 17.9 Å². The van der Waals surface area contributed by atoms with Gasteiger partial charge in [-0.2, -0.15) is 0 Å². The van der Waals surface area contributed by atoms with Crippen molar-refractivity contribution in [1.82, 2.24) is 9.97 Å². The summed E-state index contributed by atoms with van der Waals surface area (Å²) in [5.74, 6) is -0.308. The van der Waals surface area contributed by atoms with Gasteiger partial charge >= 0.3 is 5.97 Å². The van der Waals surface area contributed by atoms with Crippen LogP contribution in [0.25, 0.3) is 10.9 Å². The number of fused-ring (bicyclic) bond motifs is 1. The highest BCUT2D eigenvalue weighted by Gasteiger charge is 2.42. The maximum absolute atomic E-state index is 13.1. The minimum Gasteiger partial charge on any atom is -0.466 e. The maximum atomic E-state index is 13.1. The zero-order valence-corrected chi connectivity index (χ0v) is 13.6. The number of hydrogen-bond acceptors (Lipinski definition) is 5.